The summed E-state index contributed by atoms with van der Waals surface area (Å²) in [6.45, 7) is 0.888. The first-order valence-corrected chi connectivity index (χ1v) is 7.28. The Morgan fingerprint density at radius 2 is 1.95 bits per heavy atom. The highest BCUT2D eigenvalue weighted by atomic mass is 16.5. The fourth-order valence-electron chi connectivity index (χ4n) is 2.95. The second-order valence-electron chi connectivity index (χ2n) is 5.41. The lowest BCUT2D eigenvalue weighted by Gasteiger charge is -2.32. The Morgan fingerprint density at radius 1 is 1.14 bits per heavy atom. The molecule has 0 saturated heterocycles. The van der Waals surface area contributed by atoms with Gasteiger partial charge in [0.1, 0.15) is 11.4 Å². The lowest BCUT2D eigenvalue weighted by atomic mass is 9.84. The number of rotatable bonds is 4. The number of hydrogen-bond donors (Lipinski definition) is 1. The van der Waals surface area contributed by atoms with Gasteiger partial charge in [-0.2, -0.15) is 0 Å². The van der Waals surface area contributed by atoms with Crippen LogP contribution in [-0.2, 0) is 16.8 Å². The molecule has 0 aromatic heterocycles. The van der Waals surface area contributed by atoms with Crippen LogP contribution in [0.4, 0.5) is 0 Å². The van der Waals surface area contributed by atoms with E-state index in [0.717, 1.165) is 35.3 Å². The third kappa shape index (κ3) is 2.55. The van der Waals surface area contributed by atoms with Crippen LogP contribution in [0.15, 0.2) is 48.5 Å². The second kappa shape index (κ2) is 5.88. The van der Waals surface area contributed by atoms with Crippen LogP contribution in [0.3, 0.4) is 0 Å². The number of hydrogen-bond acceptors (Lipinski definition) is 3. The molecule has 21 heavy (non-hydrogen) atoms. The molecule has 0 aliphatic carbocycles. The molecule has 0 fully saturated rings. The first-order valence-electron chi connectivity index (χ1n) is 7.28. The zero-order valence-electron chi connectivity index (χ0n) is 12.2. The summed E-state index contributed by atoms with van der Waals surface area (Å²) in [5.74, 6) is 0.812. The molecule has 0 bridgehead atoms. The van der Waals surface area contributed by atoms with Gasteiger partial charge in [-0.05, 0) is 24.0 Å². The van der Waals surface area contributed by atoms with Gasteiger partial charge in [0.25, 0.3) is 0 Å². The van der Waals surface area contributed by atoms with Crippen molar-refractivity contribution in [3.05, 3.63) is 65.2 Å². The number of para-hydroxylation sites is 1. The summed E-state index contributed by atoms with van der Waals surface area (Å²) in [5.41, 5.74) is 1.56. The molecule has 2 aromatic rings. The van der Waals surface area contributed by atoms with E-state index in [1.54, 1.807) is 7.11 Å². The quantitative estimate of drug-likeness (QED) is 0.938. The van der Waals surface area contributed by atoms with Gasteiger partial charge < -0.3 is 14.6 Å². The third-order valence-corrected chi connectivity index (χ3v) is 3.98. The summed E-state index contributed by atoms with van der Waals surface area (Å²) in [6, 6.07) is 15.6. The standard InChI is InChI=1S/C18H20O3/c1-20-13-18(19,15-9-3-2-4-10-15)16-11-5-7-14-8-6-12-21-17(14)16/h2-5,7,9-11,19H,6,8,12-13H2,1H3. The van der Waals surface area contributed by atoms with Crippen molar-refractivity contribution >= 4 is 0 Å². The van der Waals surface area contributed by atoms with Crippen molar-refractivity contribution in [2.45, 2.75) is 18.4 Å². The molecule has 3 rings (SSSR count). The summed E-state index contributed by atoms with van der Waals surface area (Å²) >= 11 is 0. The molecule has 1 aliphatic rings. The lowest BCUT2D eigenvalue weighted by molar-refractivity contribution is -0.00547. The van der Waals surface area contributed by atoms with E-state index < -0.39 is 5.60 Å². The van der Waals surface area contributed by atoms with Gasteiger partial charge in [0, 0.05) is 12.7 Å². The van der Waals surface area contributed by atoms with E-state index in [4.69, 9.17) is 9.47 Å². The SMILES string of the molecule is COCC(O)(c1ccccc1)c1cccc2c1OCCC2. The van der Waals surface area contributed by atoms with Gasteiger partial charge in [-0.25, -0.2) is 0 Å². The summed E-state index contributed by atoms with van der Waals surface area (Å²) in [4.78, 5) is 0. The molecule has 3 heteroatoms. The van der Waals surface area contributed by atoms with E-state index in [1.807, 2.05) is 42.5 Å². The zero-order chi connectivity index (χ0) is 14.7. The molecule has 3 nitrogen and oxygen atoms in total. The summed E-state index contributed by atoms with van der Waals surface area (Å²) in [7, 11) is 1.60. The second-order valence-corrected chi connectivity index (χ2v) is 5.41. The smallest absolute Gasteiger partial charge is 0.141 e. The Balaban J connectivity index is 2.14. The van der Waals surface area contributed by atoms with Crippen LogP contribution in [-0.4, -0.2) is 25.4 Å². The maximum Gasteiger partial charge on any atom is 0.141 e. The van der Waals surface area contributed by atoms with Crippen molar-refractivity contribution in [1.82, 2.24) is 0 Å². The minimum Gasteiger partial charge on any atom is -0.493 e. The molecule has 1 heterocycles. The Bertz CT molecular complexity index is 609. The number of fused-ring (bicyclic) bond motifs is 1. The van der Waals surface area contributed by atoms with Crippen LogP contribution in [0.25, 0.3) is 0 Å². The van der Waals surface area contributed by atoms with E-state index in [0.29, 0.717) is 6.61 Å². The first-order chi connectivity index (χ1) is 10.3. The molecular weight excluding hydrogens is 264 g/mol. The number of methoxy groups -OCH3 is 1. The monoisotopic (exact) mass is 284 g/mol. The number of aliphatic hydroxyl groups is 1. The Labute approximate surface area is 125 Å². The zero-order valence-corrected chi connectivity index (χ0v) is 12.2. The molecule has 0 saturated carbocycles. The summed E-state index contributed by atoms with van der Waals surface area (Å²) < 4.78 is 11.2. The van der Waals surface area contributed by atoms with Gasteiger partial charge >= 0.3 is 0 Å². The van der Waals surface area contributed by atoms with Crippen LogP contribution in [0, 0.1) is 0 Å². The van der Waals surface area contributed by atoms with E-state index in [1.165, 1.54) is 0 Å². The van der Waals surface area contributed by atoms with Gasteiger partial charge in [-0.1, -0.05) is 48.5 Å². The normalized spacial score (nSPS) is 16.7. The Morgan fingerprint density at radius 3 is 2.71 bits per heavy atom. The highest BCUT2D eigenvalue weighted by Crippen LogP contribution is 2.39. The molecule has 1 aliphatic heterocycles. The highest BCUT2D eigenvalue weighted by molar-refractivity contribution is 5.50. The van der Waals surface area contributed by atoms with E-state index in [2.05, 4.69) is 6.07 Å². The number of aryl methyl sites for hydroxylation is 1. The minimum atomic E-state index is -1.20. The lowest BCUT2D eigenvalue weighted by Crippen LogP contribution is -2.34. The van der Waals surface area contributed by atoms with Crippen LogP contribution < -0.4 is 4.74 Å². The van der Waals surface area contributed by atoms with Crippen molar-refractivity contribution in [2.75, 3.05) is 20.3 Å². The van der Waals surface area contributed by atoms with Gasteiger partial charge in [0.05, 0.1) is 13.2 Å². The Hall–Kier alpha value is -1.84. The van der Waals surface area contributed by atoms with Crippen molar-refractivity contribution in [2.24, 2.45) is 0 Å². The number of benzene rings is 2. The topological polar surface area (TPSA) is 38.7 Å². The molecule has 1 unspecified atom stereocenters. The molecule has 2 aromatic carbocycles. The first kappa shape index (κ1) is 14.1. The molecule has 1 atom stereocenters. The van der Waals surface area contributed by atoms with E-state index in [9.17, 15) is 5.11 Å². The number of ether oxygens (including phenoxy) is 2. The maximum absolute atomic E-state index is 11.3. The largest absolute Gasteiger partial charge is 0.493 e. The van der Waals surface area contributed by atoms with Gasteiger partial charge in [0.15, 0.2) is 0 Å². The maximum atomic E-state index is 11.3. The molecular formula is C18H20O3. The molecule has 0 spiro atoms. The van der Waals surface area contributed by atoms with Crippen LogP contribution in [0.1, 0.15) is 23.1 Å². The van der Waals surface area contributed by atoms with Crippen molar-refractivity contribution in [3.8, 4) is 5.75 Å². The van der Waals surface area contributed by atoms with Crippen LogP contribution >= 0.6 is 0 Å². The van der Waals surface area contributed by atoms with Gasteiger partial charge in [0.2, 0.25) is 0 Å². The third-order valence-electron chi connectivity index (χ3n) is 3.98. The van der Waals surface area contributed by atoms with E-state index in [-0.39, 0.29) is 6.61 Å². The predicted octanol–water partition coefficient (Wildman–Crippen LogP) is 2.89. The van der Waals surface area contributed by atoms with Gasteiger partial charge in [-0.3, -0.25) is 0 Å². The van der Waals surface area contributed by atoms with Crippen LogP contribution in [0.5, 0.6) is 5.75 Å². The van der Waals surface area contributed by atoms with Crippen molar-refractivity contribution in [3.63, 3.8) is 0 Å². The molecule has 1 N–H and O–H groups in total. The average Bonchev–Trinajstić information content (AvgIpc) is 2.55. The van der Waals surface area contributed by atoms with Crippen LogP contribution in [0.2, 0.25) is 0 Å². The highest BCUT2D eigenvalue weighted by Gasteiger charge is 2.35. The summed E-state index contributed by atoms with van der Waals surface area (Å²) in [6.07, 6.45) is 2.01. The molecule has 0 radical (unpaired) electrons. The molecule has 110 valence electrons. The summed E-state index contributed by atoms with van der Waals surface area (Å²) in [5, 5.41) is 11.3. The predicted molar refractivity (Wildman–Crippen MR) is 81.6 cm³/mol. The average molecular weight is 284 g/mol. The Kier molecular flexibility index (Phi) is 3.95. The van der Waals surface area contributed by atoms with E-state index >= 15 is 0 Å². The molecule has 0 amide bonds. The van der Waals surface area contributed by atoms with Crippen molar-refractivity contribution < 1.29 is 14.6 Å². The fourth-order valence-corrected chi connectivity index (χ4v) is 2.95. The van der Waals surface area contributed by atoms with Gasteiger partial charge in [-0.15, -0.1) is 0 Å². The fraction of sp³-hybridized carbons (Fsp3) is 0.333. The van der Waals surface area contributed by atoms with Crippen molar-refractivity contribution in [1.29, 1.82) is 0 Å². The minimum absolute atomic E-state index is 0.191.